The first-order valence-corrected chi connectivity index (χ1v) is 7.40. The Morgan fingerprint density at radius 1 is 1.14 bits per heavy atom. The molecule has 8 heteroatoms. The van der Waals surface area contributed by atoms with Crippen LogP contribution in [0.1, 0.15) is 56.0 Å². The summed E-state index contributed by atoms with van der Waals surface area (Å²) in [7, 11) is 0. The lowest BCUT2D eigenvalue weighted by atomic mass is 9.91. The highest BCUT2D eigenvalue weighted by atomic mass is 16.4. The van der Waals surface area contributed by atoms with Gasteiger partial charge in [-0.25, -0.2) is 4.79 Å². The van der Waals surface area contributed by atoms with Gasteiger partial charge in [0.25, 0.3) is 5.56 Å². The molecular formula is C14H17N3O5. The summed E-state index contributed by atoms with van der Waals surface area (Å²) in [6, 6.07) is -0.125. The van der Waals surface area contributed by atoms with E-state index >= 15 is 0 Å². The average Bonchev–Trinajstić information content (AvgIpc) is 2.47. The zero-order valence-electron chi connectivity index (χ0n) is 11.9. The minimum Gasteiger partial charge on any atom is -0.481 e. The molecule has 0 spiro atoms. The van der Waals surface area contributed by atoms with E-state index in [0.29, 0.717) is 0 Å². The second kappa shape index (κ2) is 5.43. The molecule has 0 saturated heterocycles. The molecule has 1 aromatic rings. The van der Waals surface area contributed by atoms with Crippen molar-refractivity contribution < 1.29 is 14.7 Å². The van der Waals surface area contributed by atoms with Gasteiger partial charge < -0.3 is 10.4 Å². The van der Waals surface area contributed by atoms with E-state index in [9.17, 15) is 24.3 Å². The number of carboxylic acids is 1. The van der Waals surface area contributed by atoms with E-state index in [1.807, 2.05) is 0 Å². The fourth-order valence-corrected chi connectivity index (χ4v) is 3.38. The van der Waals surface area contributed by atoms with E-state index in [1.165, 1.54) is 4.57 Å². The van der Waals surface area contributed by atoms with Gasteiger partial charge in [0.15, 0.2) is 0 Å². The van der Waals surface area contributed by atoms with Gasteiger partial charge in [-0.3, -0.25) is 23.9 Å². The van der Waals surface area contributed by atoms with Gasteiger partial charge in [-0.15, -0.1) is 0 Å². The molecule has 22 heavy (non-hydrogen) atoms. The number of fused-ring (bicyclic) bond motifs is 1. The molecule has 1 fully saturated rings. The molecule has 0 unspecified atom stereocenters. The molecule has 1 amide bonds. The molecule has 1 saturated carbocycles. The average molecular weight is 307 g/mol. The zero-order valence-corrected chi connectivity index (χ0v) is 11.9. The summed E-state index contributed by atoms with van der Waals surface area (Å²) in [4.78, 5) is 49.6. The minimum absolute atomic E-state index is 0.0303. The summed E-state index contributed by atoms with van der Waals surface area (Å²) in [6.45, 7) is 0. The predicted molar refractivity (Wildman–Crippen MR) is 77.1 cm³/mol. The molecule has 1 aliphatic heterocycles. The number of hydrogen-bond acceptors (Lipinski definition) is 4. The molecule has 3 N–H and O–H groups in total. The number of aliphatic carboxylic acids is 1. The first-order chi connectivity index (χ1) is 10.5. The number of aromatic nitrogens is 2. The van der Waals surface area contributed by atoms with Crippen molar-refractivity contribution in [3.8, 4) is 0 Å². The normalized spacial score (nSPS) is 22.0. The lowest BCUT2D eigenvalue weighted by Gasteiger charge is -2.30. The maximum absolute atomic E-state index is 12.2. The molecule has 3 rings (SSSR count). The van der Waals surface area contributed by atoms with Gasteiger partial charge >= 0.3 is 11.7 Å². The van der Waals surface area contributed by atoms with Crippen molar-refractivity contribution in [3.05, 3.63) is 26.4 Å². The highest BCUT2D eigenvalue weighted by molar-refractivity contribution is 5.98. The number of aromatic amines is 1. The van der Waals surface area contributed by atoms with Gasteiger partial charge in [-0.1, -0.05) is 19.3 Å². The summed E-state index contributed by atoms with van der Waals surface area (Å²) in [5.74, 6) is -2.89. The second-order valence-electron chi connectivity index (χ2n) is 5.83. The molecular weight excluding hydrogens is 290 g/mol. The lowest BCUT2D eigenvalue weighted by Crippen LogP contribution is -2.43. The molecule has 118 valence electrons. The molecule has 0 bridgehead atoms. The molecule has 0 radical (unpaired) electrons. The van der Waals surface area contributed by atoms with Crippen molar-refractivity contribution in [3.63, 3.8) is 0 Å². The largest absolute Gasteiger partial charge is 0.481 e. The first kappa shape index (κ1) is 14.6. The standard InChI is InChI=1S/C14H17N3O5/c18-9-6-8(13(20)21)10-11(15-9)17(14(22)16-12(10)19)7-4-2-1-3-5-7/h7-8H,1-6H2,(H,15,18)(H,20,21)(H,16,19,22)/t8-/m0/s1. The molecule has 2 heterocycles. The first-order valence-electron chi connectivity index (χ1n) is 7.40. The Balaban J connectivity index is 2.21. The fraction of sp³-hybridized carbons (Fsp3) is 0.571. The summed E-state index contributed by atoms with van der Waals surface area (Å²) >= 11 is 0. The highest BCUT2D eigenvalue weighted by Gasteiger charge is 2.36. The fourth-order valence-electron chi connectivity index (χ4n) is 3.38. The van der Waals surface area contributed by atoms with Gasteiger partial charge in [0, 0.05) is 12.5 Å². The topological polar surface area (TPSA) is 121 Å². The summed E-state index contributed by atoms with van der Waals surface area (Å²) < 4.78 is 1.36. The van der Waals surface area contributed by atoms with Crippen molar-refractivity contribution >= 4 is 17.7 Å². The number of amides is 1. The number of H-pyrrole nitrogens is 1. The number of carbonyl (C=O) groups is 2. The molecule has 2 aliphatic rings. The van der Waals surface area contributed by atoms with Crippen LogP contribution in [0.25, 0.3) is 0 Å². The Kier molecular flexibility index (Phi) is 3.59. The van der Waals surface area contributed by atoms with Crippen LogP contribution in [0.4, 0.5) is 5.82 Å². The van der Waals surface area contributed by atoms with Crippen LogP contribution in [0.3, 0.4) is 0 Å². The predicted octanol–water partition coefficient (Wildman–Crippen LogP) is 0.552. The Hall–Kier alpha value is -2.38. The third-order valence-electron chi connectivity index (χ3n) is 4.41. The van der Waals surface area contributed by atoms with E-state index in [-0.39, 0.29) is 23.8 Å². The lowest BCUT2D eigenvalue weighted by molar-refractivity contribution is -0.140. The van der Waals surface area contributed by atoms with E-state index in [1.54, 1.807) is 0 Å². The third kappa shape index (κ3) is 2.34. The Morgan fingerprint density at radius 3 is 2.45 bits per heavy atom. The van der Waals surface area contributed by atoms with Crippen LogP contribution in [0.15, 0.2) is 9.59 Å². The maximum Gasteiger partial charge on any atom is 0.330 e. The van der Waals surface area contributed by atoms with Crippen molar-refractivity contribution in [1.29, 1.82) is 0 Å². The van der Waals surface area contributed by atoms with Crippen molar-refractivity contribution in [1.82, 2.24) is 9.55 Å². The van der Waals surface area contributed by atoms with Crippen LogP contribution in [0.2, 0.25) is 0 Å². The number of carbonyl (C=O) groups excluding carboxylic acids is 1. The van der Waals surface area contributed by atoms with Crippen LogP contribution < -0.4 is 16.6 Å². The van der Waals surface area contributed by atoms with Crippen molar-refractivity contribution in [2.45, 2.75) is 50.5 Å². The zero-order chi connectivity index (χ0) is 15.9. The smallest absolute Gasteiger partial charge is 0.330 e. The quantitative estimate of drug-likeness (QED) is 0.736. The molecule has 8 nitrogen and oxygen atoms in total. The number of rotatable bonds is 2. The Labute approximate surface area is 125 Å². The third-order valence-corrected chi connectivity index (χ3v) is 4.41. The molecule has 0 aromatic carbocycles. The van der Waals surface area contributed by atoms with Crippen molar-refractivity contribution in [2.75, 3.05) is 5.32 Å². The number of hydrogen-bond donors (Lipinski definition) is 3. The summed E-state index contributed by atoms with van der Waals surface area (Å²) in [5.41, 5.74) is -1.36. The number of nitrogens with zero attached hydrogens (tertiary/aromatic N) is 1. The van der Waals surface area contributed by atoms with Crippen LogP contribution in [-0.4, -0.2) is 26.5 Å². The van der Waals surface area contributed by atoms with Gasteiger partial charge in [0.1, 0.15) is 5.82 Å². The van der Waals surface area contributed by atoms with Gasteiger partial charge in [-0.2, -0.15) is 0 Å². The van der Waals surface area contributed by atoms with E-state index in [4.69, 9.17) is 0 Å². The number of nitrogens with one attached hydrogen (secondary N) is 2. The van der Waals surface area contributed by atoms with Crippen LogP contribution in [-0.2, 0) is 9.59 Å². The monoisotopic (exact) mass is 307 g/mol. The SMILES string of the molecule is O=C1C[C@H](C(=O)O)c2c(n(C3CCCCC3)c(=O)[nH]c2=O)N1. The Bertz CT molecular complexity index is 742. The van der Waals surface area contributed by atoms with Gasteiger partial charge in [0.2, 0.25) is 5.91 Å². The van der Waals surface area contributed by atoms with Crippen LogP contribution in [0, 0.1) is 0 Å². The molecule has 1 aliphatic carbocycles. The van der Waals surface area contributed by atoms with Crippen molar-refractivity contribution in [2.24, 2.45) is 0 Å². The summed E-state index contributed by atoms with van der Waals surface area (Å²) in [5, 5.41) is 11.8. The highest BCUT2D eigenvalue weighted by Crippen LogP contribution is 2.34. The summed E-state index contributed by atoms with van der Waals surface area (Å²) in [6.07, 6.45) is 4.25. The van der Waals surface area contributed by atoms with Crippen LogP contribution >= 0.6 is 0 Å². The minimum atomic E-state index is -1.24. The van der Waals surface area contributed by atoms with E-state index in [2.05, 4.69) is 10.3 Å². The van der Waals surface area contributed by atoms with E-state index < -0.39 is 29.0 Å². The van der Waals surface area contributed by atoms with E-state index in [0.717, 1.165) is 32.1 Å². The number of carboxylic acid groups (broad SMARTS) is 1. The van der Waals surface area contributed by atoms with Crippen LogP contribution in [0.5, 0.6) is 0 Å². The second-order valence-corrected chi connectivity index (χ2v) is 5.83. The maximum atomic E-state index is 12.2. The number of anilines is 1. The molecule has 1 atom stereocenters. The van der Waals surface area contributed by atoms with Gasteiger partial charge in [-0.05, 0) is 12.8 Å². The van der Waals surface area contributed by atoms with Gasteiger partial charge in [0.05, 0.1) is 11.5 Å². The Morgan fingerprint density at radius 2 is 1.82 bits per heavy atom. The molecule has 1 aromatic heterocycles.